The van der Waals surface area contributed by atoms with Gasteiger partial charge in [0.05, 0.1) is 4.90 Å². The van der Waals surface area contributed by atoms with Crippen molar-refractivity contribution in [2.45, 2.75) is 55.9 Å². The molecule has 0 unspecified atom stereocenters. The fourth-order valence-corrected chi connectivity index (χ4v) is 5.99. The highest BCUT2D eigenvalue weighted by Crippen LogP contribution is 2.32. The number of carbonyl (C=O) groups is 1. The van der Waals surface area contributed by atoms with Crippen LogP contribution in [-0.2, 0) is 23.0 Å². The summed E-state index contributed by atoms with van der Waals surface area (Å²) in [5.74, 6) is 0.391. The second kappa shape index (κ2) is 9.07. The lowest BCUT2D eigenvalue weighted by molar-refractivity contribution is 0.102. The lowest BCUT2D eigenvalue weighted by Crippen LogP contribution is -2.35. The topological polar surface area (TPSA) is 105 Å². The molecule has 0 bridgehead atoms. The van der Waals surface area contributed by atoms with E-state index in [1.165, 1.54) is 40.6 Å². The summed E-state index contributed by atoms with van der Waals surface area (Å²) in [4.78, 5) is 12.8. The monoisotopic (exact) mass is 466 g/mol. The molecule has 1 N–H and O–H groups in total. The fraction of sp³-hybridized carbons (Fsp3) is 0.375. The van der Waals surface area contributed by atoms with Gasteiger partial charge in [-0.25, -0.2) is 8.42 Å². The average Bonchev–Trinajstić information content (AvgIpc) is 3.33. The lowest BCUT2D eigenvalue weighted by atomic mass is 9.89. The minimum absolute atomic E-state index is 0.0595. The summed E-state index contributed by atoms with van der Waals surface area (Å²) in [5.41, 5.74) is 2.52. The maximum atomic E-state index is 13.1. The highest BCUT2D eigenvalue weighted by molar-refractivity contribution is 7.89. The van der Waals surface area contributed by atoms with Crippen molar-refractivity contribution in [1.82, 2.24) is 14.5 Å². The van der Waals surface area contributed by atoms with Crippen molar-refractivity contribution < 1.29 is 17.6 Å². The number of nitrogens with one attached hydrogen (secondary N) is 1. The van der Waals surface area contributed by atoms with Gasteiger partial charge in [0, 0.05) is 24.6 Å². The molecule has 2 aromatic carbocycles. The molecule has 0 radical (unpaired) electrons. The molecule has 2 heterocycles. The van der Waals surface area contributed by atoms with Crippen LogP contribution in [0.5, 0.6) is 0 Å². The van der Waals surface area contributed by atoms with Crippen LogP contribution < -0.4 is 5.32 Å². The molecule has 172 valence electrons. The smallest absolute Gasteiger partial charge is 0.322 e. The Morgan fingerprint density at radius 1 is 0.970 bits per heavy atom. The Morgan fingerprint density at radius 2 is 1.70 bits per heavy atom. The number of sulfonamides is 1. The van der Waals surface area contributed by atoms with E-state index in [0.717, 1.165) is 31.2 Å². The molecule has 8 nitrogen and oxygen atoms in total. The largest absolute Gasteiger partial charge is 0.408 e. The Morgan fingerprint density at radius 3 is 2.45 bits per heavy atom. The quantitative estimate of drug-likeness (QED) is 0.606. The van der Waals surface area contributed by atoms with Gasteiger partial charge in [-0.15, -0.1) is 5.10 Å². The summed E-state index contributed by atoms with van der Waals surface area (Å²) in [6, 6.07) is 13.9. The van der Waals surface area contributed by atoms with Crippen molar-refractivity contribution in [3.05, 3.63) is 71.1 Å². The van der Waals surface area contributed by atoms with Gasteiger partial charge in [-0.05, 0) is 54.7 Å². The predicted molar refractivity (Wildman–Crippen MR) is 122 cm³/mol. The van der Waals surface area contributed by atoms with E-state index in [2.05, 4.69) is 15.5 Å². The number of anilines is 1. The molecule has 2 aliphatic rings. The number of fused-ring (bicyclic) bond motifs is 1. The highest BCUT2D eigenvalue weighted by Gasteiger charge is 2.28. The zero-order chi connectivity index (χ0) is 22.8. The first kappa shape index (κ1) is 21.8. The van der Waals surface area contributed by atoms with E-state index in [9.17, 15) is 13.2 Å². The number of hydrogen-bond donors (Lipinski definition) is 1. The van der Waals surface area contributed by atoms with Crippen molar-refractivity contribution >= 4 is 21.9 Å². The molecule has 1 fully saturated rings. The standard InChI is InChI=1S/C24H26N4O4S/c29-22(25-24-27-26-23(32-24)19-7-2-1-3-8-19)18-10-12-21(13-11-18)33(30,31)28-15-14-17-6-4-5-9-20(17)16-28/h4-6,9-13,19H,1-3,7-8,14-16H2,(H,25,27,29). The molecule has 33 heavy (non-hydrogen) atoms. The zero-order valence-electron chi connectivity index (χ0n) is 18.2. The fourth-order valence-electron chi connectivity index (χ4n) is 4.57. The molecule has 1 saturated carbocycles. The van der Waals surface area contributed by atoms with Crippen LogP contribution in [0.2, 0.25) is 0 Å². The van der Waals surface area contributed by atoms with E-state index in [-0.39, 0.29) is 16.8 Å². The van der Waals surface area contributed by atoms with Crippen LogP contribution in [0.1, 0.15) is 65.4 Å². The van der Waals surface area contributed by atoms with Gasteiger partial charge < -0.3 is 4.42 Å². The van der Waals surface area contributed by atoms with Crippen LogP contribution in [0.15, 0.2) is 57.8 Å². The number of hydrogen-bond acceptors (Lipinski definition) is 6. The molecule has 1 amide bonds. The summed E-state index contributed by atoms with van der Waals surface area (Å²) in [5, 5.41) is 10.6. The van der Waals surface area contributed by atoms with Crippen LogP contribution in [0.25, 0.3) is 0 Å². The number of carbonyl (C=O) groups excluding carboxylic acids is 1. The van der Waals surface area contributed by atoms with E-state index < -0.39 is 15.9 Å². The Hall–Kier alpha value is -3.04. The highest BCUT2D eigenvalue weighted by atomic mass is 32.2. The van der Waals surface area contributed by atoms with Crippen LogP contribution in [0.3, 0.4) is 0 Å². The first-order valence-electron chi connectivity index (χ1n) is 11.3. The molecule has 0 saturated heterocycles. The zero-order valence-corrected chi connectivity index (χ0v) is 19.1. The van der Waals surface area contributed by atoms with E-state index in [1.807, 2.05) is 24.3 Å². The van der Waals surface area contributed by atoms with Crippen LogP contribution in [0, 0.1) is 0 Å². The number of amides is 1. The molecule has 0 spiro atoms. The van der Waals surface area contributed by atoms with E-state index in [4.69, 9.17) is 4.42 Å². The second-order valence-corrected chi connectivity index (χ2v) is 10.6. The number of benzene rings is 2. The van der Waals surface area contributed by atoms with Gasteiger partial charge in [0.1, 0.15) is 0 Å². The third-order valence-electron chi connectivity index (χ3n) is 6.47. The number of aromatic nitrogens is 2. The first-order chi connectivity index (χ1) is 16.0. The van der Waals surface area contributed by atoms with Crippen molar-refractivity contribution in [1.29, 1.82) is 0 Å². The Labute approximate surface area is 193 Å². The lowest BCUT2D eigenvalue weighted by Gasteiger charge is -2.28. The number of rotatable bonds is 5. The minimum atomic E-state index is -3.65. The molecule has 3 aromatic rings. The molecule has 5 rings (SSSR count). The summed E-state index contributed by atoms with van der Waals surface area (Å²) in [6.07, 6.45) is 6.25. The van der Waals surface area contributed by atoms with Crippen molar-refractivity contribution in [2.75, 3.05) is 11.9 Å². The maximum absolute atomic E-state index is 13.1. The Balaban J connectivity index is 1.25. The van der Waals surface area contributed by atoms with Gasteiger partial charge in [0.2, 0.25) is 15.9 Å². The summed E-state index contributed by atoms with van der Waals surface area (Å²) < 4.78 is 33.4. The Bertz CT molecular complexity index is 1250. The molecular weight excluding hydrogens is 440 g/mol. The van der Waals surface area contributed by atoms with Gasteiger partial charge in [-0.3, -0.25) is 10.1 Å². The first-order valence-corrected chi connectivity index (χ1v) is 12.8. The summed E-state index contributed by atoms with van der Waals surface area (Å²) in [7, 11) is -3.65. The van der Waals surface area contributed by atoms with Crippen LogP contribution in [-0.4, -0.2) is 35.4 Å². The van der Waals surface area contributed by atoms with Crippen LogP contribution >= 0.6 is 0 Å². The van der Waals surface area contributed by atoms with Gasteiger partial charge in [0.15, 0.2) is 0 Å². The molecule has 1 aromatic heterocycles. The van der Waals surface area contributed by atoms with Crippen LogP contribution in [0.4, 0.5) is 6.01 Å². The van der Waals surface area contributed by atoms with Gasteiger partial charge in [-0.1, -0.05) is 48.6 Å². The summed E-state index contributed by atoms with van der Waals surface area (Å²) in [6.45, 7) is 0.781. The summed E-state index contributed by atoms with van der Waals surface area (Å²) >= 11 is 0. The average molecular weight is 467 g/mol. The van der Waals surface area contributed by atoms with E-state index in [0.29, 0.717) is 31.0 Å². The van der Waals surface area contributed by atoms with E-state index in [1.54, 1.807) is 0 Å². The van der Waals surface area contributed by atoms with Crippen molar-refractivity contribution in [3.63, 3.8) is 0 Å². The predicted octanol–water partition coefficient (Wildman–Crippen LogP) is 4.12. The minimum Gasteiger partial charge on any atom is -0.408 e. The van der Waals surface area contributed by atoms with Crippen molar-refractivity contribution in [3.8, 4) is 0 Å². The molecule has 0 atom stereocenters. The number of nitrogens with zero attached hydrogens (tertiary/aromatic N) is 3. The molecule has 1 aliphatic carbocycles. The van der Waals surface area contributed by atoms with Crippen molar-refractivity contribution in [2.24, 2.45) is 0 Å². The third-order valence-corrected chi connectivity index (χ3v) is 8.32. The third kappa shape index (κ3) is 4.56. The SMILES string of the molecule is O=C(Nc1nnc(C2CCCCC2)o1)c1ccc(S(=O)(=O)N2CCc3ccccc3C2)cc1. The second-order valence-electron chi connectivity index (χ2n) is 8.62. The van der Waals surface area contributed by atoms with Gasteiger partial charge in [0.25, 0.3) is 5.91 Å². The van der Waals surface area contributed by atoms with E-state index >= 15 is 0 Å². The Kier molecular flexibility index (Phi) is 5.99. The van der Waals surface area contributed by atoms with Gasteiger partial charge >= 0.3 is 6.01 Å². The maximum Gasteiger partial charge on any atom is 0.322 e. The molecular formula is C24H26N4O4S. The van der Waals surface area contributed by atoms with Gasteiger partial charge in [-0.2, -0.15) is 4.31 Å². The molecule has 1 aliphatic heterocycles. The normalized spacial score (nSPS) is 17.5. The molecule has 9 heteroatoms.